The van der Waals surface area contributed by atoms with Crippen molar-refractivity contribution in [3.8, 4) is 0 Å². The molecule has 0 bridgehead atoms. The van der Waals surface area contributed by atoms with E-state index in [0.717, 1.165) is 15.7 Å². The molecule has 2 aromatic carbocycles. The van der Waals surface area contributed by atoms with Crippen molar-refractivity contribution in [1.82, 2.24) is 10.9 Å². The Morgan fingerprint density at radius 1 is 1.05 bits per heavy atom. The van der Waals surface area contributed by atoms with E-state index in [-0.39, 0.29) is 5.91 Å². The molecule has 2 aromatic rings. The zero-order chi connectivity index (χ0) is 16.1. The molecule has 0 aromatic heterocycles. The highest BCUT2D eigenvalue weighted by atomic mass is 79.9. The maximum Gasteiger partial charge on any atom is 0.270 e. The highest BCUT2D eigenvalue weighted by molar-refractivity contribution is 9.10. The van der Waals surface area contributed by atoms with Crippen molar-refractivity contribution in [2.45, 2.75) is 13.8 Å². The van der Waals surface area contributed by atoms with Crippen molar-refractivity contribution < 1.29 is 4.79 Å². The monoisotopic (exact) mass is 377 g/mol. The van der Waals surface area contributed by atoms with Crippen LogP contribution in [0.5, 0.6) is 0 Å². The third kappa shape index (κ3) is 4.05. The molecule has 0 atom stereocenters. The summed E-state index contributed by atoms with van der Waals surface area (Å²) in [5, 5.41) is 3.39. The Morgan fingerprint density at radius 2 is 1.77 bits per heavy atom. The van der Waals surface area contributed by atoms with Crippen LogP contribution in [0.3, 0.4) is 0 Å². The average Bonchev–Trinajstić information content (AvgIpc) is 2.50. The van der Waals surface area contributed by atoms with E-state index in [1.165, 1.54) is 5.56 Å². The van der Waals surface area contributed by atoms with Gasteiger partial charge in [-0.05, 0) is 71.3 Å². The Balaban J connectivity index is 1.95. The molecule has 0 aliphatic heterocycles. The van der Waals surface area contributed by atoms with Gasteiger partial charge in [-0.2, -0.15) is 0 Å². The first kappa shape index (κ1) is 16.5. The van der Waals surface area contributed by atoms with Crippen LogP contribution in [0, 0.1) is 13.8 Å². The molecular weight excluding hydrogens is 362 g/mol. The van der Waals surface area contributed by atoms with Gasteiger partial charge in [0.1, 0.15) is 0 Å². The van der Waals surface area contributed by atoms with Crippen LogP contribution >= 0.6 is 28.1 Å². The summed E-state index contributed by atoms with van der Waals surface area (Å²) in [5.74, 6) is -0.266. The van der Waals surface area contributed by atoms with Crippen LogP contribution in [0.15, 0.2) is 46.9 Å². The number of carbonyl (C=O) groups excluding carboxylic acids is 1. The second-order valence-electron chi connectivity index (χ2n) is 4.76. The van der Waals surface area contributed by atoms with Crippen LogP contribution in [0.1, 0.15) is 21.5 Å². The maximum atomic E-state index is 12.1. The molecule has 1 amide bonds. The number of anilines is 1. The van der Waals surface area contributed by atoms with E-state index in [0.29, 0.717) is 10.7 Å². The van der Waals surface area contributed by atoms with Gasteiger partial charge in [0.05, 0.1) is 5.56 Å². The molecule has 0 radical (unpaired) electrons. The fourth-order valence-electron chi connectivity index (χ4n) is 1.87. The highest BCUT2D eigenvalue weighted by Gasteiger charge is 2.09. The summed E-state index contributed by atoms with van der Waals surface area (Å²) in [4.78, 5) is 12.1. The molecule has 0 saturated carbocycles. The lowest BCUT2D eigenvalue weighted by molar-refractivity contribution is 0.0943. The molecule has 0 aliphatic rings. The maximum absolute atomic E-state index is 12.1. The summed E-state index contributed by atoms with van der Waals surface area (Å²) >= 11 is 8.53. The number of benzene rings is 2. The first-order chi connectivity index (χ1) is 10.5. The minimum Gasteiger partial charge on any atom is -0.331 e. The second-order valence-corrected chi connectivity index (χ2v) is 6.02. The lowest BCUT2D eigenvalue weighted by Crippen LogP contribution is -2.43. The molecule has 3 N–H and O–H groups in total. The smallest absolute Gasteiger partial charge is 0.270 e. The van der Waals surface area contributed by atoms with Crippen LogP contribution in [0.2, 0.25) is 0 Å². The summed E-state index contributed by atoms with van der Waals surface area (Å²) in [7, 11) is 0. The fourth-order valence-corrected chi connectivity index (χ4v) is 2.49. The van der Waals surface area contributed by atoms with Gasteiger partial charge in [-0.1, -0.05) is 24.3 Å². The highest BCUT2D eigenvalue weighted by Crippen LogP contribution is 2.18. The van der Waals surface area contributed by atoms with Crippen molar-refractivity contribution in [2.24, 2.45) is 0 Å². The minimum absolute atomic E-state index is 0.266. The van der Waals surface area contributed by atoms with E-state index in [9.17, 15) is 4.79 Å². The van der Waals surface area contributed by atoms with Gasteiger partial charge in [-0.25, -0.2) is 0 Å². The Bertz CT molecular complexity index is 718. The van der Waals surface area contributed by atoms with Crippen LogP contribution < -0.4 is 16.2 Å². The third-order valence-corrected chi connectivity index (χ3v) is 4.16. The van der Waals surface area contributed by atoms with E-state index in [2.05, 4.69) is 32.1 Å². The van der Waals surface area contributed by atoms with Crippen LogP contribution in [0.4, 0.5) is 5.69 Å². The molecule has 0 saturated heterocycles. The quantitative estimate of drug-likeness (QED) is 0.551. The second kappa shape index (κ2) is 7.38. The van der Waals surface area contributed by atoms with E-state index in [1.54, 1.807) is 12.1 Å². The number of hydrogen-bond acceptors (Lipinski definition) is 2. The number of halogens is 1. The third-order valence-electron chi connectivity index (χ3n) is 3.26. The Labute approximate surface area is 143 Å². The van der Waals surface area contributed by atoms with Crippen molar-refractivity contribution >= 4 is 44.9 Å². The number of aryl methyl sites for hydroxylation is 1. The van der Waals surface area contributed by atoms with Gasteiger partial charge in [-0.3, -0.25) is 15.6 Å². The summed E-state index contributed by atoms with van der Waals surface area (Å²) in [6.07, 6.45) is 0. The minimum atomic E-state index is -0.266. The zero-order valence-electron chi connectivity index (χ0n) is 12.2. The predicted molar refractivity (Wildman–Crippen MR) is 96.9 cm³/mol. The summed E-state index contributed by atoms with van der Waals surface area (Å²) in [6, 6.07) is 13.1. The standard InChI is InChI=1S/C16H16BrN3OS/c1-10-6-5-9-14(11(10)2)18-16(22)20-19-15(21)12-7-3-4-8-13(12)17/h3-9H,1-2H3,(H,19,21)(H2,18,20,22). The lowest BCUT2D eigenvalue weighted by Gasteiger charge is -2.14. The van der Waals surface area contributed by atoms with Gasteiger partial charge in [0, 0.05) is 10.2 Å². The topological polar surface area (TPSA) is 53.2 Å². The van der Waals surface area contributed by atoms with Gasteiger partial charge < -0.3 is 5.32 Å². The number of thiocarbonyl (C=S) groups is 1. The fraction of sp³-hybridized carbons (Fsp3) is 0.125. The van der Waals surface area contributed by atoms with Crippen molar-refractivity contribution in [1.29, 1.82) is 0 Å². The largest absolute Gasteiger partial charge is 0.331 e. The summed E-state index contributed by atoms with van der Waals surface area (Å²) in [5.41, 5.74) is 9.00. The van der Waals surface area contributed by atoms with Crippen molar-refractivity contribution in [3.05, 3.63) is 63.6 Å². The summed E-state index contributed by atoms with van der Waals surface area (Å²) in [6.45, 7) is 4.05. The number of nitrogens with one attached hydrogen (secondary N) is 3. The van der Waals surface area contributed by atoms with Crippen LogP contribution in [-0.4, -0.2) is 11.0 Å². The molecular formula is C16H16BrN3OS. The Morgan fingerprint density at radius 3 is 2.50 bits per heavy atom. The van der Waals surface area contributed by atoms with Gasteiger partial charge in [0.25, 0.3) is 5.91 Å². The van der Waals surface area contributed by atoms with Gasteiger partial charge >= 0.3 is 0 Å². The Kier molecular flexibility index (Phi) is 5.51. The molecule has 0 heterocycles. The lowest BCUT2D eigenvalue weighted by atomic mass is 10.1. The molecule has 4 nitrogen and oxygen atoms in total. The first-order valence-electron chi connectivity index (χ1n) is 6.67. The van der Waals surface area contributed by atoms with Crippen molar-refractivity contribution in [2.75, 3.05) is 5.32 Å². The van der Waals surface area contributed by atoms with Gasteiger partial charge in [0.15, 0.2) is 5.11 Å². The normalized spacial score (nSPS) is 9.95. The van der Waals surface area contributed by atoms with Gasteiger partial charge in [0.2, 0.25) is 0 Å². The molecule has 2 rings (SSSR count). The molecule has 114 valence electrons. The van der Waals surface area contributed by atoms with E-state index in [4.69, 9.17) is 12.2 Å². The SMILES string of the molecule is Cc1cccc(NC(=S)NNC(=O)c2ccccc2Br)c1C. The summed E-state index contributed by atoms with van der Waals surface area (Å²) < 4.78 is 0.725. The zero-order valence-corrected chi connectivity index (χ0v) is 14.6. The number of rotatable bonds is 2. The molecule has 0 aliphatic carbocycles. The van der Waals surface area contributed by atoms with E-state index < -0.39 is 0 Å². The average molecular weight is 378 g/mol. The number of hydrazine groups is 1. The number of carbonyl (C=O) groups is 1. The number of hydrogen-bond donors (Lipinski definition) is 3. The van der Waals surface area contributed by atoms with Crippen LogP contribution in [-0.2, 0) is 0 Å². The molecule has 0 fully saturated rings. The van der Waals surface area contributed by atoms with Gasteiger partial charge in [-0.15, -0.1) is 0 Å². The van der Waals surface area contributed by atoms with Crippen molar-refractivity contribution in [3.63, 3.8) is 0 Å². The van der Waals surface area contributed by atoms with E-state index >= 15 is 0 Å². The first-order valence-corrected chi connectivity index (χ1v) is 7.87. The number of amides is 1. The molecule has 22 heavy (non-hydrogen) atoms. The van der Waals surface area contributed by atoms with E-state index in [1.807, 2.05) is 44.2 Å². The molecule has 6 heteroatoms. The van der Waals surface area contributed by atoms with Crippen LogP contribution in [0.25, 0.3) is 0 Å². The Hall–Kier alpha value is -1.92. The molecule has 0 spiro atoms. The predicted octanol–water partition coefficient (Wildman–Crippen LogP) is 3.70. The molecule has 0 unspecified atom stereocenters.